The molecule has 0 aliphatic carbocycles. The van der Waals surface area contributed by atoms with Crippen LogP contribution in [0, 0.1) is 10.1 Å². The second-order valence-electron chi connectivity index (χ2n) is 6.81. The van der Waals surface area contributed by atoms with Crippen LogP contribution >= 0.6 is 11.6 Å². The number of hydrogen-bond donors (Lipinski definition) is 2. The summed E-state index contributed by atoms with van der Waals surface area (Å²) in [5.74, 6) is -0.592. The maximum Gasteiger partial charge on any atom is 0.278 e. The van der Waals surface area contributed by atoms with E-state index >= 15 is 0 Å². The van der Waals surface area contributed by atoms with Crippen LogP contribution in [0.2, 0.25) is 5.02 Å². The molecule has 1 heterocycles. The molecule has 9 heteroatoms. The Labute approximate surface area is 168 Å². The van der Waals surface area contributed by atoms with Gasteiger partial charge >= 0.3 is 0 Å². The van der Waals surface area contributed by atoms with Gasteiger partial charge in [-0.3, -0.25) is 14.9 Å². The molecule has 148 valence electrons. The molecule has 3 N–H and O–H groups in total. The van der Waals surface area contributed by atoms with Crippen LogP contribution in [0.4, 0.5) is 17.1 Å². The van der Waals surface area contributed by atoms with Crippen molar-refractivity contribution in [3.8, 4) is 11.1 Å². The molecule has 0 unspecified atom stereocenters. The van der Waals surface area contributed by atoms with Gasteiger partial charge in [0, 0.05) is 63.2 Å². The number of nitro groups is 1. The van der Waals surface area contributed by atoms with Crippen LogP contribution in [0.1, 0.15) is 10.4 Å². The first kappa shape index (κ1) is 19.9. The maximum atomic E-state index is 11.8. The predicted molar refractivity (Wildman–Crippen MR) is 111 cm³/mol. The third-order valence-electron chi connectivity index (χ3n) is 4.77. The number of hydrogen-bond acceptors (Lipinski definition) is 6. The monoisotopic (exact) mass is 403 g/mol. The average Bonchev–Trinajstić information content (AvgIpc) is 2.67. The molecule has 1 amide bonds. The zero-order valence-electron chi connectivity index (χ0n) is 15.7. The molecule has 2 aromatic rings. The molecule has 0 bridgehead atoms. The third-order valence-corrected chi connectivity index (χ3v) is 5.08. The van der Waals surface area contributed by atoms with E-state index in [-0.39, 0.29) is 11.3 Å². The topological polar surface area (TPSA) is 105 Å². The number of piperazine rings is 1. The van der Waals surface area contributed by atoms with Crippen LogP contribution in [0.25, 0.3) is 11.1 Å². The van der Waals surface area contributed by atoms with Crippen molar-refractivity contribution in [2.45, 2.75) is 0 Å². The van der Waals surface area contributed by atoms with Crippen molar-refractivity contribution < 1.29 is 9.72 Å². The standard InChI is InChI=1S/C19H22ClN5O3/c1-23(2)16-4-3-12(19(21)26)9-13(16)14-10-18(24-7-5-22-6-8-24)15(20)11-17(14)25(27)28/h3-4,9-11,22H,5-8H2,1-2H3,(H2,21,26). The van der Waals surface area contributed by atoms with Crippen molar-refractivity contribution in [3.05, 3.63) is 51.0 Å². The molecule has 2 aromatic carbocycles. The normalized spacial score (nSPS) is 14.0. The second-order valence-corrected chi connectivity index (χ2v) is 7.21. The number of halogens is 1. The fraction of sp³-hybridized carbons (Fsp3) is 0.316. The number of benzene rings is 2. The van der Waals surface area contributed by atoms with Gasteiger partial charge in [0.25, 0.3) is 5.69 Å². The largest absolute Gasteiger partial charge is 0.377 e. The van der Waals surface area contributed by atoms with Gasteiger partial charge in [0.2, 0.25) is 5.91 Å². The van der Waals surface area contributed by atoms with E-state index in [0.717, 1.165) is 37.6 Å². The van der Waals surface area contributed by atoms with Gasteiger partial charge in [-0.25, -0.2) is 0 Å². The Hall–Kier alpha value is -2.84. The molecule has 3 rings (SSSR count). The van der Waals surface area contributed by atoms with E-state index in [1.54, 1.807) is 24.3 Å². The van der Waals surface area contributed by atoms with E-state index in [9.17, 15) is 14.9 Å². The Balaban J connectivity index is 2.25. The highest BCUT2D eigenvalue weighted by atomic mass is 35.5. The Kier molecular flexibility index (Phi) is 5.71. The first-order chi connectivity index (χ1) is 13.3. The first-order valence-electron chi connectivity index (χ1n) is 8.84. The lowest BCUT2D eigenvalue weighted by atomic mass is 9.97. The molecule has 1 aliphatic rings. The summed E-state index contributed by atoms with van der Waals surface area (Å²) in [5.41, 5.74) is 8.03. The summed E-state index contributed by atoms with van der Waals surface area (Å²) in [6.45, 7) is 3.11. The highest BCUT2D eigenvalue weighted by Gasteiger charge is 2.25. The summed E-state index contributed by atoms with van der Waals surface area (Å²) in [6.07, 6.45) is 0. The number of anilines is 2. The Morgan fingerprint density at radius 1 is 1.21 bits per heavy atom. The van der Waals surface area contributed by atoms with Gasteiger partial charge in [0.1, 0.15) is 0 Å². The number of amides is 1. The number of carbonyl (C=O) groups excluding carboxylic acids is 1. The highest BCUT2D eigenvalue weighted by Crippen LogP contribution is 2.42. The Bertz CT molecular complexity index is 926. The van der Waals surface area contributed by atoms with Gasteiger partial charge in [0.15, 0.2) is 0 Å². The summed E-state index contributed by atoms with van der Waals surface area (Å²) < 4.78 is 0. The summed E-state index contributed by atoms with van der Waals surface area (Å²) >= 11 is 6.40. The van der Waals surface area contributed by atoms with Crippen LogP contribution in [0.5, 0.6) is 0 Å². The molecule has 1 saturated heterocycles. The maximum absolute atomic E-state index is 11.8. The van der Waals surface area contributed by atoms with E-state index in [0.29, 0.717) is 16.1 Å². The van der Waals surface area contributed by atoms with Crippen molar-refractivity contribution in [2.75, 3.05) is 50.1 Å². The first-order valence-corrected chi connectivity index (χ1v) is 9.22. The summed E-state index contributed by atoms with van der Waals surface area (Å²) in [4.78, 5) is 26.9. The SMILES string of the molecule is CN(C)c1ccc(C(N)=O)cc1-c1cc(N2CCNCC2)c(Cl)cc1[N+](=O)[O-]. The predicted octanol–water partition coefficient (Wildman–Crippen LogP) is 2.49. The fourth-order valence-corrected chi connectivity index (χ4v) is 3.64. The number of nitrogens with one attached hydrogen (secondary N) is 1. The van der Waals surface area contributed by atoms with Crippen molar-refractivity contribution >= 4 is 34.6 Å². The molecule has 8 nitrogen and oxygen atoms in total. The number of nitrogens with zero attached hydrogens (tertiary/aromatic N) is 3. The average molecular weight is 404 g/mol. The zero-order chi connectivity index (χ0) is 20.4. The van der Waals surface area contributed by atoms with Crippen molar-refractivity contribution in [3.63, 3.8) is 0 Å². The highest BCUT2D eigenvalue weighted by molar-refractivity contribution is 6.33. The van der Waals surface area contributed by atoms with Crippen molar-refractivity contribution in [1.29, 1.82) is 0 Å². The van der Waals surface area contributed by atoms with E-state index in [1.807, 2.05) is 19.0 Å². The molecule has 0 spiro atoms. The van der Waals surface area contributed by atoms with Crippen molar-refractivity contribution in [2.24, 2.45) is 5.73 Å². The van der Waals surface area contributed by atoms with Gasteiger partial charge < -0.3 is 20.9 Å². The molecular weight excluding hydrogens is 382 g/mol. The molecule has 0 aromatic heterocycles. The third kappa shape index (κ3) is 3.88. The van der Waals surface area contributed by atoms with Crippen LogP contribution in [-0.4, -0.2) is 51.1 Å². The van der Waals surface area contributed by atoms with Crippen LogP contribution in [0.3, 0.4) is 0 Å². The minimum atomic E-state index is -0.592. The lowest BCUT2D eigenvalue weighted by Crippen LogP contribution is -2.43. The Morgan fingerprint density at radius 2 is 1.89 bits per heavy atom. The number of rotatable bonds is 5. The Morgan fingerprint density at radius 3 is 2.46 bits per heavy atom. The molecule has 0 radical (unpaired) electrons. The van der Waals surface area contributed by atoms with Crippen LogP contribution in [0.15, 0.2) is 30.3 Å². The van der Waals surface area contributed by atoms with Crippen LogP contribution in [-0.2, 0) is 0 Å². The van der Waals surface area contributed by atoms with E-state index in [4.69, 9.17) is 17.3 Å². The molecule has 28 heavy (non-hydrogen) atoms. The summed E-state index contributed by atoms with van der Waals surface area (Å²) in [6, 6.07) is 8.05. The van der Waals surface area contributed by atoms with Gasteiger partial charge in [-0.1, -0.05) is 11.6 Å². The second kappa shape index (κ2) is 8.04. The minimum Gasteiger partial charge on any atom is -0.377 e. The summed E-state index contributed by atoms with van der Waals surface area (Å²) in [7, 11) is 3.67. The number of primary amides is 1. The number of nitrogens with two attached hydrogens (primary N) is 1. The molecular formula is C19H22ClN5O3. The number of nitro benzene ring substituents is 1. The van der Waals surface area contributed by atoms with Gasteiger partial charge in [0.05, 0.1) is 21.2 Å². The number of carbonyl (C=O) groups is 1. The minimum absolute atomic E-state index is 0.117. The van der Waals surface area contributed by atoms with Crippen molar-refractivity contribution in [1.82, 2.24) is 5.32 Å². The van der Waals surface area contributed by atoms with Crippen LogP contribution < -0.4 is 20.9 Å². The van der Waals surface area contributed by atoms with E-state index in [1.165, 1.54) is 6.07 Å². The molecule has 0 atom stereocenters. The van der Waals surface area contributed by atoms with Gasteiger partial charge in [-0.2, -0.15) is 0 Å². The van der Waals surface area contributed by atoms with Gasteiger partial charge in [-0.05, 0) is 24.3 Å². The fourth-order valence-electron chi connectivity index (χ4n) is 3.36. The zero-order valence-corrected chi connectivity index (χ0v) is 16.5. The quantitative estimate of drug-likeness (QED) is 0.587. The van der Waals surface area contributed by atoms with E-state index in [2.05, 4.69) is 10.2 Å². The lowest BCUT2D eigenvalue weighted by Gasteiger charge is -2.30. The molecule has 1 aliphatic heterocycles. The lowest BCUT2D eigenvalue weighted by molar-refractivity contribution is -0.384. The van der Waals surface area contributed by atoms with Gasteiger partial charge in [-0.15, -0.1) is 0 Å². The smallest absolute Gasteiger partial charge is 0.278 e. The summed E-state index contributed by atoms with van der Waals surface area (Å²) in [5, 5.41) is 15.4. The molecule has 0 saturated carbocycles. The van der Waals surface area contributed by atoms with E-state index < -0.39 is 10.8 Å². The molecule has 1 fully saturated rings.